The van der Waals surface area contributed by atoms with Gasteiger partial charge in [0.15, 0.2) is 0 Å². The molecule has 13 heavy (non-hydrogen) atoms. The van der Waals surface area contributed by atoms with Gasteiger partial charge >= 0.3 is 5.97 Å². The lowest BCUT2D eigenvalue weighted by Gasteiger charge is -2.09. The fraction of sp³-hybridized carbons (Fsp3) is 0.667. The van der Waals surface area contributed by atoms with Crippen LogP contribution in [0.5, 0.6) is 0 Å². The Bertz CT molecular complexity index is 180. The zero-order valence-corrected chi connectivity index (χ0v) is 10.0. The van der Waals surface area contributed by atoms with Gasteiger partial charge in [-0.2, -0.15) is 0 Å². The highest BCUT2D eigenvalue weighted by Crippen LogP contribution is 2.01. The first kappa shape index (κ1) is 12.4. The van der Waals surface area contributed by atoms with Crippen LogP contribution in [0.25, 0.3) is 0 Å². The van der Waals surface area contributed by atoms with Gasteiger partial charge in [-0.1, -0.05) is 13.5 Å². The molecule has 4 heteroatoms. The second-order valence-corrected chi connectivity index (χ2v) is 5.64. The normalized spacial score (nSPS) is 13.2. The predicted molar refractivity (Wildman–Crippen MR) is 55.6 cm³/mol. The van der Waals surface area contributed by atoms with Gasteiger partial charge in [0.05, 0.1) is 15.7 Å². The molecule has 0 radical (unpaired) electrons. The molecule has 0 aromatic carbocycles. The van der Waals surface area contributed by atoms with Crippen LogP contribution in [-0.2, 0) is 14.3 Å². The SMILES string of the molecule is C=C(C)C(=O)OC[SiH2]C(C)COC. The Labute approximate surface area is 81.9 Å². The first-order chi connectivity index (χ1) is 6.07. The lowest BCUT2D eigenvalue weighted by molar-refractivity contribution is -0.137. The van der Waals surface area contributed by atoms with Crippen LogP contribution in [0, 0.1) is 0 Å². The molecule has 0 bridgehead atoms. The molecule has 0 saturated heterocycles. The van der Waals surface area contributed by atoms with Crippen molar-refractivity contribution in [1.82, 2.24) is 0 Å². The highest BCUT2D eigenvalue weighted by atomic mass is 28.2. The lowest BCUT2D eigenvalue weighted by Crippen LogP contribution is -2.16. The van der Waals surface area contributed by atoms with Crippen molar-refractivity contribution in [3.8, 4) is 0 Å². The fourth-order valence-corrected chi connectivity index (χ4v) is 1.95. The molecule has 1 unspecified atom stereocenters. The van der Waals surface area contributed by atoms with Crippen molar-refractivity contribution in [3.05, 3.63) is 12.2 Å². The van der Waals surface area contributed by atoms with Crippen LogP contribution in [0.1, 0.15) is 13.8 Å². The number of ether oxygens (including phenoxy) is 2. The highest BCUT2D eigenvalue weighted by Gasteiger charge is 2.06. The topological polar surface area (TPSA) is 35.5 Å². The Morgan fingerprint density at radius 2 is 2.23 bits per heavy atom. The van der Waals surface area contributed by atoms with Crippen LogP contribution in [0.2, 0.25) is 5.54 Å². The summed E-state index contributed by atoms with van der Waals surface area (Å²) in [7, 11) is 1.33. The minimum Gasteiger partial charge on any atom is -0.467 e. The second-order valence-electron chi connectivity index (χ2n) is 3.27. The summed E-state index contributed by atoms with van der Waals surface area (Å²) in [5, 5.41) is 0. The molecular formula is C9H18O3Si. The maximum Gasteiger partial charge on any atom is 0.332 e. The summed E-state index contributed by atoms with van der Waals surface area (Å²) >= 11 is 0. The van der Waals surface area contributed by atoms with Gasteiger partial charge in [0.2, 0.25) is 0 Å². The third kappa shape index (κ3) is 6.54. The Morgan fingerprint density at radius 3 is 2.69 bits per heavy atom. The zero-order chi connectivity index (χ0) is 10.3. The van der Waals surface area contributed by atoms with Gasteiger partial charge in [0.1, 0.15) is 0 Å². The molecule has 0 fully saturated rings. The third-order valence-electron chi connectivity index (χ3n) is 1.64. The standard InChI is InChI=1S/C9H18O3Si/c1-7(2)9(10)12-6-13-8(3)5-11-4/h8H,1,5-6,13H2,2-4H3. The molecule has 0 amide bonds. The monoisotopic (exact) mass is 202 g/mol. The summed E-state index contributed by atoms with van der Waals surface area (Å²) in [6.45, 7) is 8.04. The smallest absolute Gasteiger partial charge is 0.332 e. The van der Waals surface area contributed by atoms with E-state index in [0.717, 1.165) is 6.61 Å². The number of methoxy groups -OCH3 is 1. The lowest BCUT2D eigenvalue weighted by atomic mass is 10.4. The van der Waals surface area contributed by atoms with Crippen molar-refractivity contribution in [3.63, 3.8) is 0 Å². The summed E-state index contributed by atoms with van der Waals surface area (Å²) in [5.74, 6) is -0.280. The van der Waals surface area contributed by atoms with Gasteiger partial charge in [-0.25, -0.2) is 4.79 Å². The molecule has 0 rings (SSSR count). The van der Waals surface area contributed by atoms with Crippen LogP contribution in [0.4, 0.5) is 0 Å². The van der Waals surface area contributed by atoms with Crippen LogP contribution in [-0.4, -0.2) is 35.4 Å². The maximum atomic E-state index is 11.0. The molecule has 0 aliphatic carbocycles. The van der Waals surface area contributed by atoms with E-state index < -0.39 is 0 Å². The van der Waals surface area contributed by atoms with Crippen LogP contribution in [0.3, 0.4) is 0 Å². The molecule has 0 aliphatic heterocycles. The van der Waals surface area contributed by atoms with Gasteiger partial charge in [-0.05, 0) is 12.5 Å². The fourth-order valence-electron chi connectivity index (χ4n) is 0.844. The molecule has 76 valence electrons. The minimum atomic E-state index is -0.359. The third-order valence-corrected chi connectivity index (χ3v) is 3.30. The Balaban J connectivity index is 3.44. The summed E-state index contributed by atoms with van der Waals surface area (Å²) in [6, 6.07) is 0. The number of hydrogen-bond donors (Lipinski definition) is 0. The molecule has 0 aromatic rings. The molecule has 0 N–H and O–H groups in total. The van der Waals surface area contributed by atoms with Gasteiger partial charge < -0.3 is 9.47 Å². The van der Waals surface area contributed by atoms with E-state index in [1.165, 1.54) is 0 Å². The Hall–Kier alpha value is -0.613. The van der Waals surface area contributed by atoms with E-state index >= 15 is 0 Å². The number of carbonyl (C=O) groups excluding carboxylic acids is 1. The van der Waals surface area contributed by atoms with Crippen LogP contribution < -0.4 is 0 Å². The largest absolute Gasteiger partial charge is 0.467 e. The van der Waals surface area contributed by atoms with Gasteiger partial charge in [-0.15, -0.1) is 0 Å². The molecule has 0 heterocycles. The average molecular weight is 202 g/mol. The van der Waals surface area contributed by atoms with E-state index in [9.17, 15) is 4.79 Å². The highest BCUT2D eigenvalue weighted by molar-refractivity contribution is 6.37. The molecule has 0 saturated carbocycles. The molecule has 3 nitrogen and oxygen atoms in total. The van der Waals surface area contributed by atoms with E-state index in [2.05, 4.69) is 13.5 Å². The van der Waals surface area contributed by atoms with E-state index in [4.69, 9.17) is 9.47 Å². The maximum absolute atomic E-state index is 11.0. The van der Waals surface area contributed by atoms with Crippen molar-refractivity contribution in [1.29, 1.82) is 0 Å². The van der Waals surface area contributed by atoms with Gasteiger partial charge in [0, 0.05) is 19.3 Å². The average Bonchev–Trinajstić information content (AvgIpc) is 2.04. The Morgan fingerprint density at radius 1 is 1.62 bits per heavy atom. The first-order valence-corrected chi connectivity index (χ1v) is 6.21. The number of hydrogen-bond acceptors (Lipinski definition) is 3. The number of esters is 1. The van der Waals surface area contributed by atoms with Crippen LogP contribution in [0.15, 0.2) is 12.2 Å². The summed E-state index contributed by atoms with van der Waals surface area (Å²) in [4.78, 5) is 11.0. The van der Waals surface area contributed by atoms with Crippen molar-refractivity contribution in [2.75, 3.05) is 19.9 Å². The molecule has 0 aromatic heterocycles. The number of rotatable bonds is 6. The minimum absolute atomic E-state index is 0.280. The van der Waals surface area contributed by atoms with Crippen molar-refractivity contribution >= 4 is 15.5 Å². The Kier molecular flexibility index (Phi) is 6.53. The summed E-state index contributed by atoms with van der Waals surface area (Å²) < 4.78 is 9.97. The predicted octanol–water partition coefficient (Wildman–Crippen LogP) is 0.687. The molecule has 1 atom stereocenters. The first-order valence-electron chi connectivity index (χ1n) is 4.39. The van der Waals surface area contributed by atoms with Crippen molar-refractivity contribution in [2.24, 2.45) is 0 Å². The summed E-state index contributed by atoms with van der Waals surface area (Å²) in [5.41, 5.74) is 1.02. The quantitative estimate of drug-likeness (QED) is 0.361. The number of carbonyl (C=O) groups is 1. The molecular weight excluding hydrogens is 184 g/mol. The molecule has 0 aliphatic rings. The summed E-state index contributed by atoms with van der Waals surface area (Å²) in [6.07, 6.45) is 0.580. The second kappa shape index (κ2) is 6.86. The van der Waals surface area contributed by atoms with E-state index in [1.807, 2.05) is 0 Å². The molecule has 0 spiro atoms. The zero-order valence-electron chi connectivity index (χ0n) is 8.63. The van der Waals surface area contributed by atoms with Gasteiger partial charge in [-0.3, -0.25) is 0 Å². The van der Waals surface area contributed by atoms with E-state index in [0.29, 0.717) is 17.3 Å². The van der Waals surface area contributed by atoms with E-state index in [-0.39, 0.29) is 15.5 Å². The van der Waals surface area contributed by atoms with Gasteiger partial charge in [0.25, 0.3) is 0 Å². The van der Waals surface area contributed by atoms with Crippen molar-refractivity contribution in [2.45, 2.75) is 19.4 Å². The van der Waals surface area contributed by atoms with Crippen LogP contribution >= 0.6 is 0 Å². The van der Waals surface area contributed by atoms with Crippen molar-refractivity contribution < 1.29 is 14.3 Å². The van der Waals surface area contributed by atoms with E-state index in [1.54, 1.807) is 14.0 Å².